The first-order chi connectivity index (χ1) is 7.78. The van der Waals surface area contributed by atoms with Gasteiger partial charge in [0.15, 0.2) is 0 Å². The standard InChI is InChI=1S/C14H28O2/c1-5-8-9-11-13(15-4)12-14(10-6-2)16-7-3/h6,13-14H,2,5,7-12H2,1,3-4H3/t13-,14+/m1/s1. The van der Waals surface area contributed by atoms with Gasteiger partial charge in [-0.3, -0.25) is 0 Å². The summed E-state index contributed by atoms with van der Waals surface area (Å²) < 4.78 is 11.2. The number of methoxy groups -OCH3 is 1. The fourth-order valence-corrected chi connectivity index (χ4v) is 1.90. The Bertz CT molecular complexity index is 157. The van der Waals surface area contributed by atoms with E-state index >= 15 is 0 Å². The first kappa shape index (κ1) is 15.7. The number of ether oxygens (including phenoxy) is 2. The Kier molecular flexibility index (Phi) is 10.9. The van der Waals surface area contributed by atoms with Gasteiger partial charge in [-0.25, -0.2) is 0 Å². The molecule has 0 saturated carbocycles. The molecule has 0 unspecified atom stereocenters. The van der Waals surface area contributed by atoms with Crippen molar-refractivity contribution >= 4 is 0 Å². The number of hydrogen-bond donors (Lipinski definition) is 0. The zero-order valence-corrected chi connectivity index (χ0v) is 11.2. The predicted octanol–water partition coefficient (Wildman–Crippen LogP) is 3.95. The van der Waals surface area contributed by atoms with E-state index in [0.717, 1.165) is 25.9 Å². The molecule has 2 atom stereocenters. The summed E-state index contributed by atoms with van der Waals surface area (Å²) in [5.74, 6) is 0. The zero-order valence-electron chi connectivity index (χ0n) is 11.2. The maximum Gasteiger partial charge on any atom is 0.0633 e. The van der Waals surface area contributed by atoms with Crippen molar-refractivity contribution in [1.82, 2.24) is 0 Å². The van der Waals surface area contributed by atoms with Gasteiger partial charge in [0.05, 0.1) is 12.2 Å². The van der Waals surface area contributed by atoms with Gasteiger partial charge in [0, 0.05) is 20.1 Å². The molecule has 0 aliphatic carbocycles. The Hall–Kier alpha value is -0.340. The first-order valence-electron chi connectivity index (χ1n) is 6.53. The molecule has 0 rings (SSSR count). The molecule has 16 heavy (non-hydrogen) atoms. The third kappa shape index (κ3) is 7.89. The first-order valence-corrected chi connectivity index (χ1v) is 6.53. The second-order valence-electron chi connectivity index (χ2n) is 4.19. The Morgan fingerprint density at radius 2 is 1.94 bits per heavy atom. The number of rotatable bonds is 11. The second kappa shape index (κ2) is 11.2. The van der Waals surface area contributed by atoms with Crippen molar-refractivity contribution in [1.29, 1.82) is 0 Å². The minimum absolute atomic E-state index is 0.272. The monoisotopic (exact) mass is 228 g/mol. The van der Waals surface area contributed by atoms with E-state index in [2.05, 4.69) is 13.5 Å². The van der Waals surface area contributed by atoms with E-state index in [1.807, 2.05) is 13.0 Å². The lowest BCUT2D eigenvalue weighted by molar-refractivity contribution is 0.00200. The maximum atomic E-state index is 5.67. The summed E-state index contributed by atoms with van der Waals surface area (Å²) >= 11 is 0. The molecule has 0 aliphatic rings. The van der Waals surface area contributed by atoms with Crippen LogP contribution in [0.1, 0.15) is 52.4 Å². The molecule has 0 amide bonds. The quantitative estimate of drug-likeness (QED) is 0.394. The molecule has 0 saturated heterocycles. The van der Waals surface area contributed by atoms with Crippen molar-refractivity contribution in [3.63, 3.8) is 0 Å². The SMILES string of the molecule is C=CC[C@@H](C[C@@H](CCCCC)OC)OCC. The van der Waals surface area contributed by atoms with Crippen LogP contribution < -0.4 is 0 Å². The predicted molar refractivity (Wildman–Crippen MR) is 69.8 cm³/mol. The molecule has 0 aromatic carbocycles. The van der Waals surface area contributed by atoms with Crippen LogP contribution in [0.2, 0.25) is 0 Å². The largest absolute Gasteiger partial charge is 0.381 e. The van der Waals surface area contributed by atoms with E-state index in [0.29, 0.717) is 6.10 Å². The van der Waals surface area contributed by atoms with E-state index in [1.165, 1.54) is 19.3 Å². The molecule has 0 bridgehead atoms. The molecular weight excluding hydrogens is 200 g/mol. The van der Waals surface area contributed by atoms with Crippen molar-refractivity contribution in [2.45, 2.75) is 64.6 Å². The summed E-state index contributed by atoms with van der Waals surface area (Å²) in [6, 6.07) is 0. The fraction of sp³-hybridized carbons (Fsp3) is 0.857. The molecule has 2 nitrogen and oxygen atoms in total. The van der Waals surface area contributed by atoms with E-state index < -0.39 is 0 Å². The number of unbranched alkanes of at least 4 members (excludes halogenated alkanes) is 2. The Labute approximate surface area is 101 Å². The van der Waals surface area contributed by atoms with Crippen molar-refractivity contribution in [3.8, 4) is 0 Å². The molecule has 0 fully saturated rings. The summed E-state index contributed by atoms with van der Waals surface area (Å²) in [5, 5.41) is 0. The van der Waals surface area contributed by atoms with Crippen molar-refractivity contribution in [2.75, 3.05) is 13.7 Å². The minimum Gasteiger partial charge on any atom is -0.381 e. The van der Waals surface area contributed by atoms with Crippen LogP contribution in [0.4, 0.5) is 0 Å². The highest BCUT2D eigenvalue weighted by Gasteiger charge is 2.14. The zero-order chi connectivity index (χ0) is 12.2. The smallest absolute Gasteiger partial charge is 0.0633 e. The Morgan fingerprint density at radius 1 is 1.19 bits per heavy atom. The lowest BCUT2D eigenvalue weighted by Crippen LogP contribution is -2.22. The molecule has 2 heteroatoms. The molecule has 96 valence electrons. The van der Waals surface area contributed by atoms with Crippen LogP contribution in [0.5, 0.6) is 0 Å². The van der Waals surface area contributed by atoms with E-state index in [4.69, 9.17) is 9.47 Å². The van der Waals surface area contributed by atoms with Gasteiger partial charge < -0.3 is 9.47 Å². The summed E-state index contributed by atoms with van der Waals surface area (Å²) in [6.07, 6.45) is 9.39. The molecule has 0 spiro atoms. The molecule has 0 heterocycles. The summed E-state index contributed by atoms with van der Waals surface area (Å²) in [7, 11) is 1.80. The molecule has 0 N–H and O–H groups in total. The summed E-state index contributed by atoms with van der Waals surface area (Å²) in [5.41, 5.74) is 0. The van der Waals surface area contributed by atoms with Crippen LogP contribution in [0.3, 0.4) is 0 Å². The van der Waals surface area contributed by atoms with E-state index in [9.17, 15) is 0 Å². The average Bonchev–Trinajstić information content (AvgIpc) is 2.28. The fourth-order valence-electron chi connectivity index (χ4n) is 1.90. The lowest BCUT2D eigenvalue weighted by atomic mass is 10.0. The molecule has 0 aliphatic heterocycles. The van der Waals surface area contributed by atoms with E-state index in [1.54, 1.807) is 7.11 Å². The van der Waals surface area contributed by atoms with Gasteiger partial charge in [-0.1, -0.05) is 32.3 Å². The minimum atomic E-state index is 0.272. The Balaban J connectivity index is 3.88. The molecule has 0 aromatic heterocycles. The van der Waals surface area contributed by atoms with Gasteiger partial charge in [-0.15, -0.1) is 6.58 Å². The van der Waals surface area contributed by atoms with Gasteiger partial charge in [0.2, 0.25) is 0 Å². The van der Waals surface area contributed by atoms with Crippen LogP contribution in [0.25, 0.3) is 0 Å². The highest BCUT2D eigenvalue weighted by atomic mass is 16.5. The third-order valence-corrected chi connectivity index (χ3v) is 2.82. The van der Waals surface area contributed by atoms with Crippen LogP contribution in [-0.4, -0.2) is 25.9 Å². The maximum absolute atomic E-state index is 5.67. The normalized spacial score (nSPS) is 14.7. The van der Waals surface area contributed by atoms with Crippen LogP contribution >= 0.6 is 0 Å². The van der Waals surface area contributed by atoms with Crippen molar-refractivity contribution in [3.05, 3.63) is 12.7 Å². The third-order valence-electron chi connectivity index (χ3n) is 2.82. The van der Waals surface area contributed by atoms with Crippen LogP contribution in [0.15, 0.2) is 12.7 Å². The highest BCUT2D eigenvalue weighted by Crippen LogP contribution is 2.15. The number of hydrogen-bond acceptors (Lipinski definition) is 2. The van der Waals surface area contributed by atoms with Gasteiger partial charge in [0.25, 0.3) is 0 Å². The van der Waals surface area contributed by atoms with Crippen molar-refractivity contribution in [2.24, 2.45) is 0 Å². The van der Waals surface area contributed by atoms with Crippen LogP contribution in [0, 0.1) is 0 Å². The average molecular weight is 228 g/mol. The van der Waals surface area contributed by atoms with Crippen LogP contribution in [-0.2, 0) is 9.47 Å². The summed E-state index contributed by atoms with van der Waals surface area (Å²) in [4.78, 5) is 0. The molecular formula is C14H28O2. The van der Waals surface area contributed by atoms with Gasteiger partial charge in [0.1, 0.15) is 0 Å². The van der Waals surface area contributed by atoms with E-state index in [-0.39, 0.29) is 6.10 Å². The molecule has 0 radical (unpaired) electrons. The molecule has 0 aromatic rings. The van der Waals surface area contributed by atoms with Gasteiger partial charge >= 0.3 is 0 Å². The van der Waals surface area contributed by atoms with Crippen molar-refractivity contribution < 1.29 is 9.47 Å². The topological polar surface area (TPSA) is 18.5 Å². The second-order valence-corrected chi connectivity index (χ2v) is 4.19. The highest BCUT2D eigenvalue weighted by molar-refractivity contribution is 4.76. The Morgan fingerprint density at radius 3 is 2.44 bits per heavy atom. The van der Waals surface area contributed by atoms with Gasteiger partial charge in [-0.2, -0.15) is 0 Å². The summed E-state index contributed by atoms with van der Waals surface area (Å²) in [6.45, 7) is 8.80. The lowest BCUT2D eigenvalue weighted by Gasteiger charge is -2.21. The van der Waals surface area contributed by atoms with Gasteiger partial charge in [-0.05, 0) is 19.8 Å².